The zero-order chi connectivity index (χ0) is 8.55. The Balaban J connectivity index is 2.17. The minimum Gasteiger partial charge on any atom is -0.404 e. The third-order valence-electron chi connectivity index (χ3n) is 1.96. The summed E-state index contributed by atoms with van der Waals surface area (Å²) < 4.78 is 4.99. The molecule has 5 nitrogen and oxygen atoms in total. The van der Waals surface area contributed by atoms with Gasteiger partial charge < -0.3 is 9.73 Å². The predicted octanol–water partition coefficient (Wildman–Crippen LogP) is 1.22. The zero-order valence-electron chi connectivity index (χ0n) is 6.32. The van der Waals surface area contributed by atoms with Crippen molar-refractivity contribution in [3.05, 3.63) is 28.0 Å². The molecule has 1 saturated heterocycles. The molecule has 0 bridgehead atoms. The highest BCUT2D eigenvalue weighted by atomic mass is 16.6. The molecule has 5 heteroatoms. The minimum atomic E-state index is -0.526. The van der Waals surface area contributed by atoms with Gasteiger partial charge in [0.25, 0.3) is 0 Å². The minimum absolute atomic E-state index is 0.179. The van der Waals surface area contributed by atoms with Crippen LogP contribution >= 0.6 is 0 Å². The van der Waals surface area contributed by atoms with Gasteiger partial charge in [-0.15, -0.1) is 0 Å². The van der Waals surface area contributed by atoms with E-state index in [-0.39, 0.29) is 11.9 Å². The fraction of sp³-hybridized carbons (Fsp3) is 0.429. The predicted molar refractivity (Wildman–Crippen MR) is 40.7 cm³/mol. The molecule has 1 atom stereocenters. The maximum Gasteiger partial charge on any atom is 0.433 e. The number of nitrogens with zero attached hydrogens (tertiary/aromatic N) is 1. The first-order valence-corrected chi connectivity index (χ1v) is 3.75. The quantitative estimate of drug-likeness (QED) is 0.532. The largest absolute Gasteiger partial charge is 0.433 e. The standard InChI is InChI=1S/C7H8N2O3/c10-9(11)7-2-1-6(12-7)5-3-4-8-5/h1-2,5,8H,3-4H2. The van der Waals surface area contributed by atoms with Crippen LogP contribution in [0.25, 0.3) is 0 Å². The fourth-order valence-corrected chi connectivity index (χ4v) is 1.16. The van der Waals surface area contributed by atoms with Crippen LogP contribution in [0.4, 0.5) is 5.88 Å². The van der Waals surface area contributed by atoms with Gasteiger partial charge in [-0.2, -0.15) is 0 Å². The summed E-state index contributed by atoms with van der Waals surface area (Å²) in [6.45, 7) is 0.958. The van der Waals surface area contributed by atoms with Crippen LogP contribution in [0.3, 0.4) is 0 Å². The summed E-state index contributed by atoms with van der Waals surface area (Å²) in [6.07, 6.45) is 0.991. The molecule has 2 rings (SSSR count). The number of hydrogen-bond acceptors (Lipinski definition) is 4. The molecule has 1 fully saturated rings. The van der Waals surface area contributed by atoms with Gasteiger partial charge in [0.1, 0.15) is 10.7 Å². The molecule has 0 radical (unpaired) electrons. The molecule has 1 aromatic rings. The second-order valence-electron chi connectivity index (χ2n) is 2.73. The second kappa shape index (κ2) is 2.60. The summed E-state index contributed by atoms with van der Waals surface area (Å²) in [4.78, 5) is 9.71. The average Bonchev–Trinajstić information content (AvgIpc) is 2.32. The molecule has 1 aliphatic heterocycles. The molecule has 2 heterocycles. The van der Waals surface area contributed by atoms with Gasteiger partial charge >= 0.3 is 5.88 Å². The van der Waals surface area contributed by atoms with Crippen molar-refractivity contribution in [2.75, 3.05) is 6.54 Å². The maximum atomic E-state index is 10.2. The van der Waals surface area contributed by atoms with Gasteiger partial charge in [0.15, 0.2) is 0 Å². The van der Waals surface area contributed by atoms with E-state index in [9.17, 15) is 10.1 Å². The number of furan rings is 1. The fourth-order valence-electron chi connectivity index (χ4n) is 1.16. The van der Waals surface area contributed by atoms with Crippen LogP contribution in [0, 0.1) is 10.1 Å². The highest BCUT2D eigenvalue weighted by molar-refractivity contribution is 5.20. The van der Waals surface area contributed by atoms with Crippen molar-refractivity contribution in [1.82, 2.24) is 5.32 Å². The Bertz CT molecular complexity index is 303. The van der Waals surface area contributed by atoms with Crippen molar-refractivity contribution < 1.29 is 9.34 Å². The third-order valence-corrected chi connectivity index (χ3v) is 1.96. The van der Waals surface area contributed by atoms with E-state index in [2.05, 4.69) is 5.32 Å². The van der Waals surface area contributed by atoms with Gasteiger partial charge in [0.05, 0.1) is 12.1 Å². The van der Waals surface area contributed by atoms with E-state index in [1.807, 2.05) is 0 Å². The molecule has 0 saturated carbocycles. The zero-order valence-corrected chi connectivity index (χ0v) is 6.32. The summed E-state index contributed by atoms with van der Waals surface area (Å²) in [7, 11) is 0. The lowest BCUT2D eigenvalue weighted by atomic mass is 10.1. The first-order chi connectivity index (χ1) is 5.77. The molecule has 1 N–H and O–H groups in total. The van der Waals surface area contributed by atoms with Gasteiger partial charge in [-0.3, -0.25) is 10.1 Å². The third kappa shape index (κ3) is 1.08. The molecule has 0 aromatic carbocycles. The normalized spacial score (nSPS) is 21.8. The lowest BCUT2D eigenvalue weighted by Crippen LogP contribution is -2.34. The van der Waals surface area contributed by atoms with Crippen LogP contribution < -0.4 is 5.32 Å². The maximum absolute atomic E-state index is 10.2. The molecule has 1 unspecified atom stereocenters. The van der Waals surface area contributed by atoms with Crippen LogP contribution in [0.15, 0.2) is 16.5 Å². The smallest absolute Gasteiger partial charge is 0.404 e. The summed E-state index contributed by atoms with van der Waals surface area (Å²) in [5.74, 6) is 0.478. The van der Waals surface area contributed by atoms with Gasteiger partial charge in [-0.05, 0) is 19.0 Å². The lowest BCUT2D eigenvalue weighted by Gasteiger charge is -2.24. The van der Waals surface area contributed by atoms with E-state index in [1.165, 1.54) is 6.07 Å². The Kier molecular flexibility index (Phi) is 1.58. The van der Waals surface area contributed by atoms with Crippen LogP contribution in [0.1, 0.15) is 18.2 Å². The Morgan fingerprint density at radius 1 is 1.67 bits per heavy atom. The van der Waals surface area contributed by atoms with Crippen LogP contribution in [-0.4, -0.2) is 11.5 Å². The van der Waals surface area contributed by atoms with Crippen LogP contribution in [0.2, 0.25) is 0 Å². The molecule has 64 valence electrons. The van der Waals surface area contributed by atoms with E-state index >= 15 is 0 Å². The summed E-state index contributed by atoms with van der Waals surface area (Å²) in [6, 6.07) is 3.21. The number of hydrogen-bond donors (Lipinski definition) is 1. The van der Waals surface area contributed by atoms with Gasteiger partial charge in [-0.1, -0.05) is 0 Å². The van der Waals surface area contributed by atoms with Gasteiger partial charge in [-0.25, -0.2) is 0 Å². The average molecular weight is 168 g/mol. The van der Waals surface area contributed by atoms with Gasteiger partial charge in [0, 0.05) is 0 Å². The summed E-state index contributed by atoms with van der Waals surface area (Å²) in [5, 5.41) is 13.3. The lowest BCUT2D eigenvalue weighted by molar-refractivity contribution is -0.402. The summed E-state index contributed by atoms with van der Waals surface area (Å²) in [5.41, 5.74) is 0. The van der Waals surface area contributed by atoms with Crippen molar-refractivity contribution >= 4 is 5.88 Å². The van der Waals surface area contributed by atoms with Crippen molar-refractivity contribution in [3.63, 3.8) is 0 Å². The first-order valence-electron chi connectivity index (χ1n) is 3.75. The van der Waals surface area contributed by atoms with E-state index in [4.69, 9.17) is 4.42 Å². The van der Waals surface area contributed by atoms with E-state index in [1.54, 1.807) is 6.07 Å². The Morgan fingerprint density at radius 2 is 2.42 bits per heavy atom. The number of rotatable bonds is 2. The molecular weight excluding hydrogens is 160 g/mol. The number of nitro groups is 1. The molecule has 1 aliphatic rings. The topological polar surface area (TPSA) is 68.3 Å². The molecule has 0 aliphatic carbocycles. The van der Waals surface area contributed by atoms with Crippen LogP contribution in [0.5, 0.6) is 0 Å². The monoisotopic (exact) mass is 168 g/mol. The van der Waals surface area contributed by atoms with E-state index in [0.29, 0.717) is 5.76 Å². The van der Waals surface area contributed by atoms with Crippen molar-refractivity contribution in [2.24, 2.45) is 0 Å². The molecule has 0 spiro atoms. The van der Waals surface area contributed by atoms with E-state index < -0.39 is 4.92 Å². The summed E-state index contributed by atoms with van der Waals surface area (Å²) >= 11 is 0. The van der Waals surface area contributed by atoms with Crippen molar-refractivity contribution in [1.29, 1.82) is 0 Å². The van der Waals surface area contributed by atoms with Gasteiger partial charge in [0.2, 0.25) is 0 Å². The number of nitrogens with one attached hydrogen (secondary N) is 1. The highest BCUT2D eigenvalue weighted by Gasteiger charge is 2.24. The SMILES string of the molecule is O=[N+]([O-])c1ccc(C2CCN2)o1. The molecule has 12 heavy (non-hydrogen) atoms. The molecule has 1 aromatic heterocycles. The Morgan fingerprint density at radius 3 is 2.83 bits per heavy atom. The highest BCUT2D eigenvalue weighted by Crippen LogP contribution is 2.27. The van der Waals surface area contributed by atoms with Crippen molar-refractivity contribution in [2.45, 2.75) is 12.5 Å². The van der Waals surface area contributed by atoms with E-state index in [0.717, 1.165) is 13.0 Å². The first kappa shape index (κ1) is 7.30. The Labute approximate surface area is 68.5 Å². The Hall–Kier alpha value is -1.36. The van der Waals surface area contributed by atoms with Crippen molar-refractivity contribution in [3.8, 4) is 0 Å². The molecule has 0 amide bonds. The molecular formula is C7H8N2O3. The van der Waals surface area contributed by atoms with Crippen LogP contribution in [-0.2, 0) is 0 Å². The second-order valence-corrected chi connectivity index (χ2v) is 2.73.